The number of carbonyl (C=O) groups excluding carboxylic acids is 2. The van der Waals surface area contributed by atoms with Gasteiger partial charge in [0.25, 0.3) is 0 Å². The van der Waals surface area contributed by atoms with Gasteiger partial charge in [-0.05, 0) is 17.7 Å². The lowest BCUT2D eigenvalue weighted by molar-refractivity contribution is 0.0267. The molecule has 156 valence electrons. The minimum absolute atomic E-state index is 0.209. The van der Waals surface area contributed by atoms with Gasteiger partial charge in [0.2, 0.25) is 0 Å². The zero-order chi connectivity index (χ0) is 21.4. The fraction of sp³-hybridized carbons (Fsp3) is 0.240. The van der Waals surface area contributed by atoms with Gasteiger partial charge in [0, 0.05) is 43.9 Å². The second kappa shape index (κ2) is 8.00. The summed E-state index contributed by atoms with van der Waals surface area (Å²) in [7, 11) is 0. The number of hydrogen-bond donors (Lipinski definition) is 0. The van der Waals surface area contributed by atoms with E-state index in [1.807, 2.05) is 23.1 Å². The lowest BCUT2D eigenvalue weighted by Gasteiger charge is -2.43. The van der Waals surface area contributed by atoms with Gasteiger partial charge in [0.15, 0.2) is 17.1 Å². The Labute approximate surface area is 186 Å². The smallest absolute Gasteiger partial charge is 0.198 e. The number of rotatable bonds is 4. The highest BCUT2D eigenvalue weighted by atomic mass is 35.5. The Balaban J connectivity index is 1.49. The summed E-state index contributed by atoms with van der Waals surface area (Å²) >= 11 is 6.18. The zero-order valence-electron chi connectivity index (χ0n) is 17.0. The van der Waals surface area contributed by atoms with Gasteiger partial charge in [0.05, 0.1) is 5.69 Å². The summed E-state index contributed by atoms with van der Waals surface area (Å²) in [6, 6.07) is 22.5. The number of pyridine rings is 1. The van der Waals surface area contributed by atoms with Crippen LogP contribution < -0.4 is 0 Å². The van der Waals surface area contributed by atoms with Crippen molar-refractivity contribution in [3.63, 3.8) is 0 Å². The molecule has 2 aliphatic rings. The van der Waals surface area contributed by atoms with E-state index in [4.69, 9.17) is 11.6 Å². The molecule has 6 heteroatoms. The molecule has 1 aliphatic carbocycles. The standard InChI is InChI=1S/C25H22ClN3O2/c26-22-12-6-11-21(27-22)25(23(30)19-9-4-5-10-20(19)24(25)31)29-15-13-28(14-16-29)17-18-7-2-1-3-8-18/h1-12H,13-17H2. The summed E-state index contributed by atoms with van der Waals surface area (Å²) in [6.45, 7) is 3.54. The summed E-state index contributed by atoms with van der Waals surface area (Å²) in [5, 5.41) is 0.274. The molecule has 1 fully saturated rings. The number of halogens is 1. The number of hydrogen-bond acceptors (Lipinski definition) is 5. The van der Waals surface area contributed by atoms with Gasteiger partial charge in [-0.1, -0.05) is 72.3 Å². The van der Waals surface area contributed by atoms with Crippen LogP contribution in [-0.2, 0) is 12.1 Å². The number of nitrogens with zero attached hydrogens (tertiary/aromatic N) is 3. The Morgan fingerprint density at radius 3 is 2.00 bits per heavy atom. The molecule has 0 saturated carbocycles. The number of fused-ring (bicyclic) bond motifs is 1. The monoisotopic (exact) mass is 431 g/mol. The molecule has 2 heterocycles. The highest BCUT2D eigenvalue weighted by molar-refractivity contribution is 6.33. The second-order valence-electron chi connectivity index (χ2n) is 8.01. The minimum atomic E-state index is -1.45. The van der Waals surface area contributed by atoms with Gasteiger partial charge in [0.1, 0.15) is 5.15 Å². The first-order chi connectivity index (χ1) is 15.1. The third kappa shape index (κ3) is 3.30. The predicted molar refractivity (Wildman–Crippen MR) is 119 cm³/mol. The van der Waals surface area contributed by atoms with Crippen LogP contribution in [0.2, 0.25) is 5.15 Å². The maximum absolute atomic E-state index is 13.8. The highest BCUT2D eigenvalue weighted by Gasteiger charge is 2.59. The van der Waals surface area contributed by atoms with Gasteiger partial charge in [-0.2, -0.15) is 0 Å². The fourth-order valence-corrected chi connectivity index (χ4v) is 4.91. The number of benzene rings is 2. The summed E-state index contributed by atoms with van der Waals surface area (Å²) in [6.07, 6.45) is 0. The lowest BCUT2D eigenvalue weighted by Crippen LogP contribution is -2.60. The van der Waals surface area contributed by atoms with Crippen LogP contribution in [0.15, 0.2) is 72.8 Å². The van der Waals surface area contributed by atoms with Crippen molar-refractivity contribution in [2.75, 3.05) is 26.2 Å². The van der Waals surface area contributed by atoms with Crippen molar-refractivity contribution in [1.29, 1.82) is 0 Å². The molecule has 0 unspecified atom stereocenters. The van der Waals surface area contributed by atoms with Crippen LogP contribution in [0.1, 0.15) is 32.0 Å². The van der Waals surface area contributed by atoms with Gasteiger partial charge < -0.3 is 0 Å². The third-order valence-corrected chi connectivity index (χ3v) is 6.47. The highest BCUT2D eigenvalue weighted by Crippen LogP contribution is 2.42. The topological polar surface area (TPSA) is 53.5 Å². The maximum atomic E-state index is 13.8. The van der Waals surface area contributed by atoms with E-state index < -0.39 is 5.54 Å². The number of ketones is 2. The van der Waals surface area contributed by atoms with Crippen LogP contribution in [0.25, 0.3) is 0 Å². The molecule has 1 saturated heterocycles. The van der Waals surface area contributed by atoms with Gasteiger partial charge in [-0.25, -0.2) is 4.98 Å². The van der Waals surface area contributed by atoms with Crippen molar-refractivity contribution in [2.24, 2.45) is 0 Å². The Hall–Kier alpha value is -2.86. The van der Waals surface area contributed by atoms with Gasteiger partial charge in [-0.3, -0.25) is 19.4 Å². The number of aromatic nitrogens is 1. The molecule has 5 rings (SSSR count). The fourth-order valence-electron chi connectivity index (χ4n) is 4.75. The van der Waals surface area contributed by atoms with E-state index in [1.165, 1.54) is 5.56 Å². The van der Waals surface area contributed by atoms with E-state index in [0.29, 0.717) is 29.9 Å². The number of carbonyl (C=O) groups is 2. The van der Waals surface area contributed by atoms with E-state index in [2.05, 4.69) is 22.0 Å². The van der Waals surface area contributed by atoms with Crippen molar-refractivity contribution in [1.82, 2.24) is 14.8 Å². The molecule has 0 bridgehead atoms. The Kier molecular flexibility index (Phi) is 5.18. The molecule has 2 aromatic carbocycles. The van der Waals surface area contributed by atoms with Crippen LogP contribution in [0.4, 0.5) is 0 Å². The quantitative estimate of drug-likeness (QED) is 0.464. The Morgan fingerprint density at radius 2 is 1.39 bits per heavy atom. The van der Waals surface area contributed by atoms with E-state index in [9.17, 15) is 9.59 Å². The number of piperazine rings is 1. The van der Waals surface area contributed by atoms with Crippen LogP contribution >= 0.6 is 11.6 Å². The van der Waals surface area contributed by atoms with Gasteiger partial charge >= 0.3 is 0 Å². The summed E-state index contributed by atoms with van der Waals surface area (Å²) in [5.41, 5.74) is 1.13. The SMILES string of the molecule is O=C1c2ccccc2C(=O)C1(c1cccc(Cl)n1)N1CCN(Cc2ccccc2)CC1. The van der Waals surface area contributed by atoms with Crippen LogP contribution in [0, 0.1) is 0 Å². The zero-order valence-corrected chi connectivity index (χ0v) is 17.8. The van der Waals surface area contributed by atoms with Crippen LogP contribution in [-0.4, -0.2) is 52.5 Å². The van der Waals surface area contributed by atoms with Crippen molar-refractivity contribution in [2.45, 2.75) is 12.1 Å². The van der Waals surface area contributed by atoms with Crippen molar-refractivity contribution in [3.8, 4) is 0 Å². The number of Topliss-reactive ketones (excluding diaryl/α,β-unsaturated/α-hetero) is 2. The Morgan fingerprint density at radius 1 is 0.774 bits per heavy atom. The first-order valence-corrected chi connectivity index (χ1v) is 10.8. The molecular formula is C25H22ClN3O2. The maximum Gasteiger partial charge on any atom is 0.198 e. The minimum Gasteiger partial charge on any atom is -0.297 e. The van der Waals surface area contributed by atoms with Crippen LogP contribution in [0.5, 0.6) is 0 Å². The molecule has 31 heavy (non-hydrogen) atoms. The molecule has 0 amide bonds. The Bertz CT molecular complexity index is 1110. The molecule has 0 N–H and O–H groups in total. The van der Waals surface area contributed by atoms with E-state index in [1.54, 1.807) is 42.5 Å². The molecule has 0 atom stereocenters. The van der Waals surface area contributed by atoms with Crippen LogP contribution in [0.3, 0.4) is 0 Å². The van der Waals surface area contributed by atoms with Gasteiger partial charge in [-0.15, -0.1) is 0 Å². The molecular weight excluding hydrogens is 410 g/mol. The largest absolute Gasteiger partial charge is 0.297 e. The predicted octanol–water partition coefficient (Wildman–Crippen LogP) is 3.83. The molecule has 0 radical (unpaired) electrons. The summed E-state index contributed by atoms with van der Waals surface area (Å²) < 4.78 is 0. The average molecular weight is 432 g/mol. The van der Waals surface area contributed by atoms with E-state index in [0.717, 1.165) is 19.6 Å². The van der Waals surface area contributed by atoms with E-state index >= 15 is 0 Å². The molecule has 1 aromatic heterocycles. The molecule has 5 nitrogen and oxygen atoms in total. The lowest BCUT2D eigenvalue weighted by atomic mass is 9.85. The molecule has 1 aliphatic heterocycles. The molecule has 0 spiro atoms. The average Bonchev–Trinajstić information content (AvgIpc) is 3.03. The van der Waals surface area contributed by atoms with Crippen molar-refractivity contribution in [3.05, 3.63) is 100 Å². The molecule has 3 aromatic rings. The first-order valence-electron chi connectivity index (χ1n) is 10.4. The van der Waals surface area contributed by atoms with Crippen molar-refractivity contribution >= 4 is 23.2 Å². The third-order valence-electron chi connectivity index (χ3n) is 6.25. The summed E-state index contributed by atoms with van der Waals surface area (Å²) in [4.78, 5) is 36.3. The first kappa shape index (κ1) is 20.1. The second-order valence-corrected chi connectivity index (χ2v) is 8.40. The normalized spacial score (nSPS) is 18.9. The summed E-state index contributed by atoms with van der Waals surface area (Å²) in [5.74, 6) is -0.418. The van der Waals surface area contributed by atoms with Crippen molar-refractivity contribution < 1.29 is 9.59 Å². The van der Waals surface area contributed by atoms with E-state index in [-0.39, 0.29) is 16.7 Å².